The van der Waals surface area contributed by atoms with Crippen molar-refractivity contribution in [3.8, 4) is 0 Å². The fraction of sp³-hybridized carbons (Fsp3) is 0.318. The molecule has 0 radical (unpaired) electrons. The second-order valence-electron chi connectivity index (χ2n) is 7.01. The van der Waals surface area contributed by atoms with Crippen LogP contribution in [0.2, 0.25) is 0 Å². The van der Waals surface area contributed by atoms with Gasteiger partial charge in [-0.25, -0.2) is 4.98 Å². The predicted octanol–water partition coefficient (Wildman–Crippen LogP) is 3.91. The highest BCUT2D eigenvalue weighted by Gasteiger charge is 2.23. The summed E-state index contributed by atoms with van der Waals surface area (Å²) in [6, 6.07) is 14.9. The smallest absolute Gasteiger partial charge is 0.225 e. The molecule has 0 aliphatic heterocycles. The molecule has 1 heterocycles. The first kappa shape index (κ1) is 18.8. The average molecular weight is 363 g/mol. The van der Waals surface area contributed by atoms with E-state index >= 15 is 0 Å². The molecule has 1 amide bonds. The van der Waals surface area contributed by atoms with Crippen molar-refractivity contribution in [2.75, 3.05) is 0 Å². The third kappa shape index (κ3) is 3.92. The van der Waals surface area contributed by atoms with E-state index in [1.165, 1.54) is 0 Å². The Morgan fingerprint density at radius 3 is 2.44 bits per heavy atom. The van der Waals surface area contributed by atoms with E-state index in [9.17, 15) is 9.59 Å². The van der Waals surface area contributed by atoms with Crippen LogP contribution in [0.25, 0.3) is 11.0 Å². The summed E-state index contributed by atoms with van der Waals surface area (Å²) in [4.78, 5) is 29.3. The Morgan fingerprint density at radius 2 is 1.74 bits per heavy atom. The molecule has 0 aliphatic carbocycles. The zero-order valence-electron chi connectivity index (χ0n) is 16.2. The second-order valence-corrected chi connectivity index (χ2v) is 7.01. The molecule has 0 aliphatic rings. The number of nitrogens with zero attached hydrogens (tertiary/aromatic N) is 2. The van der Waals surface area contributed by atoms with E-state index < -0.39 is 0 Å². The van der Waals surface area contributed by atoms with Crippen molar-refractivity contribution in [2.24, 2.45) is 0 Å². The van der Waals surface area contributed by atoms with Gasteiger partial charge in [0.2, 0.25) is 5.91 Å². The Balaban J connectivity index is 1.88. The summed E-state index contributed by atoms with van der Waals surface area (Å²) in [5, 5.41) is 3.03. The highest BCUT2D eigenvalue weighted by molar-refractivity contribution is 5.84. The van der Waals surface area contributed by atoms with E-state index in [4.69, 9.17) is 0 Å². The van der Waals surface area contributed by atoms with Gasteiger partial charge in [-0.05, 0) is 51.0 Å². The van der Waals surface area contributed by atoms with Crippen molar-refractivity contribution in [3.63, 3.8) is 0 Å². The van der Waals surface area contributed by atoms with Gasteiger partial charge in [0.15, 0.2) is 5.78 Å². The van der Waals surface area contributed by atoms with Crippen LogP contribution in [0.5, 0.6) is 0 Å². The van der Waals surface area contributed by atoms with Crippen molar-refractivity contribution >= 4 is 22.7 Å². The summed E-state index contributed by atoms with van der Waals surface area (Å²) in [5.74, 6) is 0.681. The first-order valence-corrected chi connectivity index (χ1v) is 9.19. The van der Waals surface area contributed by atoms with Gasteiger partial charge in [0.05, 0.1) is 29.5 Å². The summed E-state index contributed by atoms with van der Waals surface area (Å²) in [7, 11) is 0. The Labute approximate surface area is 159 Å². The Morgan fingerprint density at radius 1 is 1.07 bits per heavy atom. The van der Waals surface area contributed by atoms with Gasteiger partial charge in [-0.15, -0.1) is 0 Å². The number of rotatable bonds is 6. The largest absolute Gasteiger partial charge is 0.346 e. The molecule has 2 unspecified atom stereocenters. The number of aryl methyl sites for hydroxylation is 1. The molecular formula is C22H25N3O2. The third-order valence-electron chi connectivity index (χ3n) is 4.98. The third-order valence-corrected chi connectivity index (χ3v) is 4.98. The van der Waals surface area contributed by atoms with Crippen LogP contribution in [-0.4, -0.2) is 21.2 Å². The van der Waals surface area contributed by atoms with Gasteiger partial charge in [0.1, 0.15) is 5.82 Å². The van der Waals surface area contributed by atoms with Crippen molar-refractivity contribution in [1.82, 2.24) is 14.9 Å². The summed E-state index contributed by atoms with van der Waals surface area (Å²) < 4.78 is 1.93. The van der Waals surface area contributed by atoms with Crippen LogP contribution in [0.3, 0.4) is 0 Å². The molecule has 140 valence electrons. The molecule has 0 bridgehead atoms. The average Bonchev–Trinajstić information content (AvgIpc) is 3.02. The van der Waals surface area contributed by atoms with E-state index in [2.05, 4.69) is 10.3 Å². The van der Waals surface area contributed by atoms with Crippen LogP contribution in [0.15, 0.2) is 48.5 Å². The first-order valence-electron chi connectivity index (χ1n) is 9.19. The van der Waals surface area contributed by atoms with Crippen molar-refractivity contribution in [3.05, 3.63) is 65.5 Å². The Bertz CT molecular complexity index is 990. The number of aromatic nitrogens is 2. The highest BCUT2D eigenvalue weighted by Crippen LogP contribution is 2.25. The van der Waals surface area contributed by atoms with E-state index in [-0.39, 0.29) is 23.8 Å². The van der Waals surface area contributed by atoms with Crippen LogP contribution in [0.4, 0.5) is 0 Å². The van der Waals surface area contributed by atoms with Crippen LogP contribution in [0, 0.1) is 6.92 Å². The van der Waals surface area contributed by atoms with Crippen molar-refractivity contribution in [1.29, 1.82) is 0 Å². The fourth-order valence-electron chi connectivity index (χ4n) is 3.30. The lowest BCUT2D eigenvalue weighted by molar-refractivity contribution is -0.121. The van der Waals surface area contributed by atoms with Crippen LogP contribution in [0.1, 0.15) is 49.8 Å². The Kier molecular flexibility index (Phi) is 5.40. The zero-order chi connectivity index (χ0) is 19.6. The van der Waals surface area contributed by atoms with Crippen LogP contribution < -0.4 is 5.32 Å². The number of hydrogen-bond donors (Lipinski definition) is 1. The second kappa shape index (κ2) is 7.74. The van der Waals surface area contributed by atoms with Crippen LogP contribution >= 0.6 is 0 Å². The topological polar surface area (TPSA) is 64.0 Å². The van der Waals surface area contributed by atoms with Gasteiger partial charge in [0, 0.05) is 0 Å². The number of carbonyl (C=O) groups is 2. The molecule has 1 N–H and O–H groups in total. The highest BCUT2D eigenvalue weighted by atomic mass is 16.1. The van der Waals surface area contributed by atoms with E-state index in [0.29, 0.717) is 12.2 Å². The van der Waals surface area contributed by atoms with Gasteiger partial charge in [-0.3, -0.25) is 9.59 Å². The number of benzene rings is 2. The molecule has 3 aromatic rings. The van der Waals surface area contributed by atoms with Crippen molar-refractivity contribution in [2.45, 2.75) is 46.2 Å². The standard InChI is InChI=1S/C22H25N3O2/c1-14-9-5-6-10-18(14)13-21(27)23-15(2)22-24-19-11-7-8-12-20(19)25(22)16(3)17(4)26/h5-12,15-16H,13H2,1-4H3,(H,23,27). The summed E-state index contributed by atoms with van der Waals surface area (Å²) in [6.07, 6.45) is 0.319. The number of imidazole rings is 1. The summed E-state index contributed by atoms with van der Waals surface area (Å²) in [5.41, 5.74) is 3.82. The molecular weight excluding hydrogens is 338 g/mol. The normalized spacial score (nSPS) is 13.3. The molecule has 2 atom stereocenters. The first-order chi connectivity index (χ1) is 12.9. The van der Waals surface area contributed by atoms with Crippen molar-refractivity contribution < 1.29 is 9.59 Å². The molecule has 0 saturated heterocycles. The number of nitrogens with one attached hydrogen (secondary N) is 1. The minimum atomic E-state index is -0.344. The van der Waals surface area contributed by atoms with Gasteiger partial charge in [-0.1, -0.05) is 36.4 Å². The molecule has 27 heavy (non-hydrogen) atoms. The van der Waals surface area contributed by atoms with E-state index in [0.717, 1.165) is 22.2 Å². The molecule has 5 nitrogen and oxygen atoms in total. The SMILES string of the molecule is CC(=O)C(C)n1c(C(C)NC(=O)Cc2ccccc2C)nc2ccccc21. The van der Waals surface area contributed by atoms with Gasteiger partial charge in [0.25, 0.3) is 0 Å². The lowest BCUT2D eigenvalue weighted by Crippen LogP contribution is -2.31. The molecule has 5 heteroatoms. The fourth-order valence-corrected chi connectivity index (χ4v) is 3.30. The zero-order valence-corrected chi connectivity index (χ0v) is 16.2. The number of carbonyl (C=O) groups excluding carboxylic acids is 2. The maximum atomic E-state index is 12.6. The molecule has 0 spiro atoms. The molecule has 1 aromatic heterocycles. The van der Waals surface area contributed by atoms with E-state index in [1.807, 2.05) is 73.9 Å². The minimum absolute atomic E-state index is 0.0536. The minimum Gasteiger partial charge on any atom is -0.346 e. The molecule has 3 rings (SSSR count). The number of fused-ring (bicyclic) bond motifs is 1. The lowest BCUT2D eigenvalue weighted by Gasteiger charge is -2.20. The number of Topliss-reactive ketones (excluding diaryl/α,β-unsaturated/α-hetero) is 1. The van der Waals surface area contributed by atoms with Gasteiger partial charge in [-0.2, -0.15) is 0 Å². The number of hydrogen-bond acceptors (Lipinski definition) is 3. The maximum Gasteiger partial charge on any atom is 0.225 e. The molecule has 2 aromatic carbocycles. The maximum absolute atomic E-state index is 12.6. The van der Waals surface area contributed by atoms with Gasteiger partial charge >= 0.3 is 0 Å². The summed E-state index contributed by atoms with van der Waals surface area (Å²) in [6.45, 7) is 7.34. The monoisotopic (exact) mass is 363 g/mol. The van der Waals surface area contributed by atoms with E-state index in [1.54, 1.807) is 6.92 Å². The quantitative estimate of drug-likeness (QED) is 0.722. The lowest BCUT2D eigenvalue weighted by atomic mass is 10.1. The number of ketones is 1. The summed E-state index contributed by atoms with van der Waals surface area (Å²) >= 11 is 0. The van der Waals surface area contributed by atoms with Crippen LogP contribution in [-0.2, 0) is 16.0 Å². The Hall–Kier alpha value is -2.95. The predicted molar refractivity (Wildman–Crippen MR) is 107 cm³/mol. The molecule has 0 saturated carbocycles. The number of para-hydroxylation sites is 2. The van der Waals surface area contributed by atoms with Gasteiger partial charge < -0.3 is 9.88 Å². The molecule has 0 fully saturated rings. The number of amides is 1.